The minimum atomic E-state index is -1.53. The molecule has 2 aromatic carbocycles. The van der Waals surface area contributed by atoms with Crippen molar-refractivity contribution in [3.05, 3.63) is 35.4 Å². The maximum atomic E-state index is 13.1. The van der Waals surface area contributed by atoms with Gasteiger partial charge >= 0.3 is 0 Å². The SMILES string of the molecule is CCOc1cccc(N(Cl)C(=O)C(N=Nc2cc(OC)cc(OC)c2Cl)C(C)=O)c1OCC. The van der Waals surface area contributed by atoms with Crippen molar-refractivity contribution >= 4 is 46.4 Å². The first-order chi connectivity index (χ1) is 15.8. The minimum absolute atomic E-state index is 0.141. The Labute approximate surface area is 202 Å². The number of carbonyl (C=O) groups is 2. The number of Topliss-reactive ketones (excluding diaryl/α,β-unsaturated/α-hetero) is 1. The van der Waals surface area contributed by atoms with E-state index in [1.165, 1.54) is 27.2 Å². The lowest BCUT2D eigenvalue weighted by Gasteiger charge is -2.21. The fourth-order valence-corrected chi connectivity index (χ4v) is 3.22. The van der Waals surface area contributed by atoms with Crippen LogP contribution < -0.4 is 23.4 Å². The van der Waals surface area contributed by atoms with Crippen molar-refractivity contribution in [2.75, 3.05) is 31.9 Å². The third kappa shape index (κ3) is 6.27. The maximum absolute atomic E-state index is 13.1. The first kappa shape index (κ1) is 26.2. The smallest absolute Gasteiger partial charge is 0.276 e. The van der Waals surface area contributed by atoms with Gasteiger partial charge in [0.25, 0.3) is 5.91 Å². The van der Waals surface area contributed by atoms with Gasteiger partial charge in [-0.2, -0.15) is 10.2 Å². The first-order valence-corrected chi connectivity index (χ1v) is 10.7. The van der Waals surface area contributed by atoms with Crippen LogP contribution in [0.3, 0.4) is 0 Å². The van der Waals surface area contributed by atoms with Gasteiger partial charge in [0, 0.05) is 23.9 Å². The number of carbonyl (C=O) groups excluding carboxylic acids is 2. The molecule has 11 heteroatoms. The van der Waals surface area contributed by atoms with Crippen molar-refractivity contribution in [1.82, 2.24) is 0 Å². The van der Waals surface area contributed by atoms with Crippen LogP contribution in [0.15, 0.2) is 40.6 Å². The first-order valence-electron chi connectivity index (χ1n) is 10.00. The molecule has 0 aliphatic rings. The van der Waals surface area contributed by atoms with Crippen molar-refractivity contribution in [2.24, 2.45) is 10.2 Å². The normalized spacial score (nSPS) is 11.7. The fourth-order valence-electron chi connectivity index (χ4n) is 2.77. The highest BCUT2D eigenvalue weighted by Gasteiger charge is 2.31. The fraction of sp³-hybridized carbons (Fsp3) is 0.364. The molecule has 0 heterocycles. The topological polar surface area (TPSA) is 99.0 Å². The zero-order valence-electron chi connectivity index (χ0n) is 18.9. The number of rotatable bonds is 11. The Balaban J connectivity index is 2.43. The van der Waals surface area contributed by atoms with Crippen LogP contribution in [-0.2, 0) is 9.59 Å². The number of ether oxygens (including phenoxy) is 4. The molecule has 0 bridgehead atoms. The summed E-state index contributed by atoms with van der Waals surface area (Å²) in [6, 6.07) is 6.44. The van der Waals surface area contributed by atoms with Gasteiger partial charge in [0.2, 0.25) is 6.04 Å². The van der Waals surface area contributed by atoms with Crippen LogP contribution >= 0.6 is 23.4 Å². The molecule has 0 aliphatic heterocycles. The van der Waals surface area contributed by atoms with Crippen molar-refractivity contribution in [2.45, 2.75) is 26.8 Å². The average molecular weight is 498 g/mol. The van der Waals surface area contributed by atoms with Crippen LogP contribution in [0.4, 0.5) is 11.4 Å². The van der Waals surface area contributed by atoms with Gasteiger partial charge in [-0.3, -0.25) is 9.59 Å². The van der Waals surface area contributed by atoms with Crippen molar-refractivity contribution in [3.63, 3.8) is 0 Å². The second kappa shape index (κ2) is 12.3. The molecule has 0 saturated carbocycles. The summed E-state index contributed by atoms with van der Waals surface area (Å²) in [5, 5.41) is 8.06. The summed E-state index contributed by atoms with van der Waals surface area (Å²) in [6.07, 6.45) is 0. The largest absolute Gasteiger partial charge is 0.497 e. The number of azo groups is 1. The van der Waals surface area contributed by atoms with E-state index in [4.69, 9.17) is 42.3 Å². The molecule has 1 unspecified atom stereocenters. The van der Waals surface area contributed by atoms with Gasteiger partial charge in [0.1, 0.15) is 27.9 Å². The Morgan fingerprint density at radius 1 is 1.06 bits per heavy atom. The Morgan fingerprint density at radius 2 is 1.76 bits per heavy atom. The van der Waals surface area contributed by atoms with E-state index >= 15 is 0 Å². The second-order valence-corrected chi connectivity index (χ2v) is 7.20. The lowest BCUT2D eigenvalue weighted by atomic mass is 10.2. The Hall–Kier alpha value is -3.04. The van der Waals surface area contributed by atoms with E-state index in [2.05, 4.69) is 10.2 Å². The highest BCUT2D eigenvalue weighted by molar-refractivity contribution is 6.39. The zero-order valence-corrected chi connectivity index (χ0v) is 20.4. The quantitative estimate of drug-likeness (QED) is 0.234. The predicted molar refractivity (Wildman–Crippen MR) is 126 cm³/mol. The lowest BCUT2D eigenvalue weighted by molar-refractivity contribution is -0.126. The Kier molecular flexibility index (Phi) is 9.74. The standard InChI is InChI=1S/C22H25Cl2N3O6/c1-6-32-17-10-8-9-16(21(17)33-7-2)27(24)22(29)20(13(3)28)26-25-15-11-14(30-4)12-18(31-5)19(15)23/h8-12,20H,6-7H2,1-5H3. The maximum Gasteiger partial charge on any atom is 0.276 e. The van der Waals surface area contributed by atoms with Crippen molar-refractivity contribution in [1.29, 1.82) is 0 Å². The average Bonchev–Trinajstić information content (AvgIpc) is 2.80. The number of benzene rings is 2. The summed E-state index contributed by atoms with van der Waals surface area (Å²) >= 11 is 12.6. The van der Waals surface area contributed by atoms with E-state index in [0.29, 0.717) is 30.5 Å². The summed E-state index contributed by atoms with van der Waals surface area (Å²) in [6.45, 7) is 5.50. The summed E-state index contributed by atoms with van der Waals surface area (Å²) in [7, 11) is 2.89. The molecule has 1 atom stereocenters. The molecule has 0 fully saturated rings. The van der Waals surface area contributed by atoms with Crippen LogP contribution in [0, 0.1) is 0 Å². The molecule has 0 radical (unpaired) electrons. The molecule has 0 N–H and O–H groups in total. The van der Waals surface area contributed by atoms with Crippen LogP contribution in [0.25, 0.3) is 0 Å². The van der Waals surface area contributed by atoms with E-state index in [1.807, 2.05) is 6.92 Å². The predicted octanol–water partition coefficient (Wildman–Crippen LogP) is 5.38. The molecule has 2 aromatic rings. The van der Waals surface area contributed by atoms with Gasteiger partial charge in [-0.05, 0) is 32.9 Å². The van der Waals surface area contributed by atoms with Crippen LogP contribution in [0.1, 0.15) is 20.8 Å². The number of hydrogen-bond acceptors (Lipinski definition) is 8. The van der Waals surface area contributed by atoms with Gasteiger partial charge in [0.15, 0.2) is 17.3 Å². The van der Waals surface area contributed by atoms with Crippen molar-refractivity contribution in [3.8, 4) is 23.0 Å². The van der Waals surface area contributed by atoms with Gasteiger partial charge in [-0.15, -0.1) is 0 Å². The second-order valence-electron chi connectivity index (χ2n) is 6.48. The van der Waals surface area contributed by atoms with Crippen LogP contribution in [0.5, 0.6) is 23.0 Å². The number of nitrogens with zero attached hydrogens (tertiary/aromatic N) is 3. The molecule has 0 saturated heterocycles. The minimum Gasteiger partial charge on any atom is -0.497 e. The zero-order chi connectivity index (χ0) is 24.5. The Morgan fingerprint density at radius 3 is 2.33 bits per heavy atom. The third-order valence-corrected chi connectivity index (χ3v) is 5.03. The molecule has 178 valence electrons. The van der Waals surface area contributed by atoms with Gasteiger partial charge in [0.05, 0.1) is 27.4 Å². The molecule has 0 aromatic heterocycles. The summed E-state index contributed by atoms with van der Waals surface area (Å²) in [5.74, 6) is -0.0166. The number of anilines is 1. The lowest BCUT2D eigenvalue weighted by Crippen LogP contribution is -2.36. The molecule has 1 amide bonds. The van der Waals surface area contributed by atoms with E-state index in [1.54, 1.807) is 31.2 Å². The van der Waals surface area contributed by atoms with E-state index in [9.17, 15) is 9.59 Å². The third-order valence-electron chi connectivity index (χ3n) is 4.30. The van der Waals surface area contributed by atoms with Gasteiger partial charge < -0.3 is 18.9 Å². The van der Waals surface area contributed by atoms with E-state index in [-0.39, 0.29) is 22.1 Å². The van der Waals surface area contributed by atoms with Gasteiger partial charge in [-0.1, -0.05) is 17.7 Å². The molecular formula is C22H25Cl2N3O6. The number of halogens is 2. The molecule has 0 spiro atoms. The van der Waals surface area contributed by atoms with Gasteiger partial charge in [-0.25, -0.2) is 4.42 Å². The summed E-state index contributed by atoms with van der Waals surface area (Å²) < 4.78 is 22.4. The molecule has 9 nitrogen and oxygen atoms in total. The summed E-state index contributed by atoms with van der Waals surface area (Å²) in [4.78, 5) is 25.4. The van der Waals surface area contributed by atoms with Crippen molar-refractivity contribution < 1.29 is 28.5 Å². The highest BCUT2D eigenvalue weighted by Crippen LogP contribution is 2.40. The van der Waals surface area contributed by atoms with E-state index < -0.39 is 17.7 Å². The highest BCUT2D eigenvalue weighted by atomic mass is 35.5. The summed E-state index contributed by atoms with van der Waals surface area (Å²) in [5.41, 5.74) is 0.360. The number of methoxy groups -OCH3 is 2. The number of ketones is 1. The van der Waals surface area contributed by atoms with Crippen LogP contribution in [0.2, 0.25) is 5.02 Å². The number of para-hydroxylation sites is 1. The molecule has 0 aliphatic carbocycles. The monoisotopic (exact) mass is 497 g/mol. The number of amides is 1. The number of hydrogen-bond donors (Lipinski definition) is 0. The van der Waals surface area contributed by atoms with E-state index in [0.717, 1.165) is 4.42 Å². The molecule has 33 heavy (non-hydrogen) atoms. The van der Waals surface area contributed by atoms with Crippen LogP contribution in [-0.4, -0.2) is 45.2 Å². The molecular weight excluding hydrogens is 473 g/mol. The Bertz CT molecular complexity index is 1030. The molecule has 2 rings (SSSR count).